The molecule has 2 N–H and O–H groups in total. The first-order valence-corrected chi connectivity index (χ1v) is 8.03. The molecule has 2 aromatic rings. The van der Waals surface area contributed by atoms with Crippen molar-refractivity contribution in [3.63, 3.8) is 0 Å². The third kappa shape index (κ3) is 4.41. The van der Waals surface area contributed by atoms with Crippen molar-refractivity contribution in [2.75, 3.05) is 6.61 Å². The van der Waals surface area contributed by atoms with Crippen molar-refractivity contribution < 1.29 is 24.4 Å². The second-order valence-electron chi connectivity index (χ2n) is 5.82. The fourth-order valence-corrected chi connectivity index (χ4v) is 2.69. The summed E-state index contributed by atoms with van der Waals surface area (Å²) < 4.78 is 16.8. The van der Waals surface area contributed by atoms with Gasteiger partial charge < -0.3 is 24.4 Å². The molecule has 0 bridgehead atoms. The van der Waals surface area contributed by atoms with Gasteiger partial charge in [0.05, 0.1) is 19.8 Å². The van der Waals surface area contributed by atoms with Crippen molar-refractivity contribution in [3.8, 4) is 0 Å². The van der Waals surface area contributed by atoms with E-state index in [4.69, 9.17) is 14.2 Å². The van der Waals surface area contributed by atoms with Crippen LogP contribution in [0.3, 0.4) is 0 Å². The number of hydrogen-bond donors (Lipinski definition) is 2. The minimum Gasteiger partial charge on any atom is -0.385 e. The Kier molecular flexibility index (Phi) is 5.96. The maximum absolute atomic E-state index is 10.1. The summed E-state index contributed by atoms with van der Waals surface area (Å²) in [5, 5.41) is 19.8. The third-order valence-corrected chi connectivity index (χ3v) is 3.99. The third-order valence-electron chi connectivity index (χ3n) is 3.99. The molecular formula is C19H22O5. The highest BCUT2D eigenvalue weighted by Gasteiger charge is 2.43. The summed E-state index contributed by atoms with van der Waals surface area (Å²) in [6.45, 7) is 1.02. The molecule has 1 aliphatic rings. The molecule has 5 nitrogen and oxygen atoms in total. The van der Waals surface area contributed by atoms with Crippen molar-refractivity contribution in [3.05, 3.63) is 71.8 Å². The molecular weight excluding hydrogens is 308 g/mol. The van der Waals surface area contributed by atoms with Crippen molar-refractivity contribution >= 4 is 0 Å². The lowest BCUT2D eigenvalue weighted by molar-refractivity contribution is -0.137. The number of aliphatic hydroxyl groups is 2. The Balaban J connectivity index is 1.52. The molecule has 0 spiro atoms. The van der Waals surface area contributed by atoms with Crippen LogP contribution in [0.1, 0.15) is 11.1 Å². The Morgan fingerprint density at radius 3 is 2.04 bits per heavy atom. The highest BCUT2D eigenvalue weighted by Crippen LogP contribution is 2.24. The van der Waals surface area contributed by atoms with Gasteiger partial charge in [-0.3, -0.25) is 0 Å². The minimum atomic E-state index is -1.25. The van der Waals surface area contributed by atoms with E-state index in [2.05, 4.69) is 0 Å². The van der Waals surface area contributed by atoms with Gasteiger partial charge in [0.15, 0.2) is 6.29 Å². The molecule has 1 fully saturated rings. The van der Waals surface area contributed by atoms with E-state index in [9.17, 15) is 10.2 Å². The molecule has 0 amide bonds. The molecule has 1 unspecified atom stereocenters. The van der Waals surface area contributed by atoms with Crippen LogP contribution < -0.4 is 0 Å². The van der Waals surface area contributed by atoms with E-state index in [1.807, 2.05) is 60.7 Å². The van der Waals surface area contributed by atoms with Crippen LogP contribution in [0.2, 0.25) is 0 Å². The largest absolute Gasteiger partial charge is 0.385 e. The van der Waals surface area contributed by atoms with Gasteiger partial charge in [-0.25, -0.2) is 0 Å². The van der Waals surface area contributed by atoms with Gasteiger partial charge in [-0.15, -0.1) is 0 Å². The van der Waals surface area contributed by atoms with Crippen molar-refractivity contribution in [2.24, 2.45) is 0 Å². The van der Waals surface area contributed by atoms with Crippen molar-refractivity contribution in [1.29, 1.82) is 0 Å². The average Bonchev–Trinajstić information content (AvgIpc) is 2.89. The van der Waals surface area contributed by atoms with E-state index in [0.717, 1.165) is 11.1 Å². The van der Waals surface area contributed by atoms with Crippen LogP contribution in [0.15, 0.2) is 60.7 Å². The number of ether oxygens (including phenoxy) is 3. The smallest absolute Gasteiger partial charge is 0.184 e. The van der Waals surface area contributed by atoms with E-state index < -0.39 is 24.6 Å². The van der Waals surface area contributed by atoms with Gasteiger partial charge in [-0.2, -0.15) is 0 Å². The lowest BCUT2D eigenvalue weighted by Crippen LogP contribution is -2.37. The fourth-order valence-electron chi connectivity index (χ4n) is 2.69. The summed E-state index contributed by atoms with van der Waals surface area (Å²) in [6.07, 6.45) is -3.48. The Morgan fingerprint density at radius 1 is 0.833 bits per heavy atom. The maximum Gasteiger partial charge on any atom is 0.184 e. The van der Waals surface area contributed by atoms with Crippen molar-refractivity contribution in [2.45, 2.75) is 37.8 Å². The molecule has 128 valence electrons. The fraction of sp³-hybridized carbons (Fsp3) is 0.368. The Labute approximate surface area is 141 Å². The average molecular weight is 330 g/mol. The van der Waals surface area contributed by atoms with Crippen molar-refractivity contribution in [1.82, 2.24) is 0 Å². The zero-order chi connectivity index (χ0) is 16.8. The molecule has 24 heavy (non-hydrogen) atoms. The zero-order valence-electron chi connectivity index (χ0n) is 13.3. The predicted octanol–water partition coefficient (Wildman–Crippen LogP) is 1.87. The van der Waals surface area contributed by atoms with E-state index in [1.54, 1.807) is 0 Å². The second kappa shape index (κ2) is 8.37. The number of rotatable bonds is 7. The topological polar surface area (TPSA) is 68.2 Å². The zero-order valence-corrected chi connectivity index (χ0v) is 13.3. The molecule has 0 aromatic heterocycles. The molecule has 0 saturated carbocycles. The number of benzene rings is 2. The van der Waals surface area contributed by atoms with Gasteiger partial charge in [-0.1, -0.05) is 60.7 Å². The SMILES string of the molecule is O[C@@H]1O[C@H](COCc2ccccc2)C(OCc2ccccc2)[C@@H]1O. The Bertz CT molecular complexity index is 604. The van der Waals surface area contributed by atoms with Crippen LogP contribution in [0.5, 0.6) is 0 Å². The molecule has 1 heterocycles. The quantitative estimate of drug-likeness (QED) is 0.811. The summed E-state index contributed by atoms with van der Waals surface area (Å²) in [7, 11) is 0. The van der Waals surface area contributed by atoms with Gasteiger partial charge in [-0.05, 0) is 11.1 Å². The summed E-state index contributed by atoms with van der Waals surface area (Å²) >= 11 is 0. The maximum atomic E-state index is 10.1. The highest BCUT2D eigenvalue weighted by molar-refractivity contribution is 5.14. The molecule has 4 atom stereocenters. The first kappa shape index (κ1) is 17.1. The van der Waals surface area contributed by atoms with E-state index in [-0.39, 0.29) is 6.61 Å². The molecule has 1 aliphatic heterocycles. The normalized spacial score (nSPS) is 26.6. The monoisotopic (exact) mass is 330 g/mol. The molecule has 1 saturated heterocycles. The summed E-state index contributed by atoms with van der Waals surface area (Å²) in [5.41, 5.74) is 2.05. The van der Waals surface area contributed by atoms with E-state index in [1.165, 1.54) is 0 Å². The van der Waals surface area contributed by atoms with Crippen LogP contribution in [0, 0.1) is 0 Å². The van der Waals surface area contributed by atoms with Gasteiger partial charge in [0.2, 0.25) is 0 Å². The molecule has 0 aliphatic carbocycles. The van der Waals surface area contributed by atoms with Gasteiger partial charge >= 0.3 is 0 Å². The van der Waals surface area contributed by atoms with Crippen LogP contribution in [-0.4, -0.2) is 41.4 Å². The first-order chi connectivity index (χ1) is 11.7. The first-order valence-electron chi connectivity index (χ1n) is 8.03. The Hall–Kier alpha value is -1.76. The molecule has 5 heteroatoms. The molecule has 0 radical (unpaired) electrons. The standard InChI is InChI=1S/C19H22O5/c20-17-18(23-12-15-9-5-2-6-10-15)16(24-19(17)21)13-22-11-14-7-3-1-4-8-14/h1-10,16-21H,11-13H2/t16-,17+,18?,19-/m1/s1. The Morgan fingerprint density at radius 2 is 1.42 bits per heavy atom. The van der Waals surface area contributed by atoms with Crippen LogP contribution >= 0.6 is 0 Å². The summed E-state index contributed by atoms with van der Waals surface area (Å²) in [4.78, 5) is 0. The van der Waals surface area contributed by atoms with Crippen LogP contribution in [0.25, 0.3) is 0 Å². The van der Waals surface area contributed by atoms with Gasteiger partial charge in [0.1, 0.15) is 18.3 Å². The lowest BCUT2D eigenvalue weighted by Gasteiger charge is -2.20. The van der Waals surface area contributed by atoms with Crippen LogP contribution in [0.4, 0.5) is 0 Å². The minimum absolute atomic E-state index is 0.239. The van der Waals surface area contributed by atoms with Gasteiger partial charge in [0, 0.05) is 0 Å². The number of hydrogen-bond acceptors (Lipinski definition) is 5. The lowest BCUT2D eigenvalue weighted by atomic mass is 10.1. The molecule has 2 aromatic carbocycles. The molecule has 3 rings (SSSR count). The predicted molar refractivity (Wildman–Crippen MR) is 88.0 cm³/mol. The second-order valence-corrected chi connectivity index (χ2v) is 5.82. The number of aliphatic hydroxyl groups excluding tert-OH is 2. The van der Waals surface area contributed by atoms with Crippen LogP contribution in [-0.2, 0) is 27.4 Å². The van der Waals surface area contributed by atoms with E-state index >= 15 is 0 Å². The highest BCUT2D eigenvalue weighted by atomic mass is 16.7. The summed E-state index contributed by atoms with van der Waals surface area (Å²) in [6, 6.07) is 19.5. The summed E-state index contributed by atoms with van der Waals surface area (Å²) in [5.74, 6) is 0. The van der Waals surface area contributed by atoms with E-state index in [0.29, 0.717) is 13.2 Å². The van der Waals surface area contributed by atoms with Gasteiger partial charge in [0.25, 0.3) is 0 Å².